The maximum atomic E-state index is 11.6. The van der Waals surface area contributed by atoms with Gasteiger partial charge in [0.05, 0.1) is 12.7 Å². The molecule has 2 aromatic carbocycles. The van der Waals surface area contributed by atoms with Gasteiger partial charge in [-0.15, -0.1) is 0 Å². The van der Waals surface area contributed by atoms with Crippen LogP contribution in [0.4, 0.5) is 0 Å². The molecule has 7 heteroatoms. The number of esters is 1. The Morgan fingerprint density at radius 3 is 2.84 bits per heavy atom. The number of hydrogen-bond donors (Lipinski definition) is 0. The van der Waals surface area contributed by atoms with Crippen molar-refractivity contribution in [2.75, 3.05) is 7.11 Å². The molecule has 25 heavy (non-hydrogen) atoms. The van der Waals surface area contributed by atoms with Crippen molar-refractivity contribution in [1.29, 1.82) is 0 Å². The Morgan fingerprint density at radius 1 is 1.24 bits per heavy atom. The number of ether oxygens (including phenoxy) is 2. The molecule has 0 aliphatic rings. The molecule has 0 atom stereocenters. The highest BCUT2D eigenvalue weighted by molar-refractivity contribution is 9.10. The number of aryl methyl sites for hydroxylation is 1. The first kappa shape index (κ1) is 17.2. The van der Waals surface area contributed by atoms with Crippen LogP contribution >= 0.6 is 15.9 Å². The molecule has 0 saturated carbocycles. The van der Waals surface area contributed by atoms with Gasteiger partial charge in [0.1, 0.15) is 5.75 Å². The van der Waals surface area contributed by atoms with E-state index in [1.54, 1.807) is 18.2 Å². The lowest BCUT2D eigenvalue weighted by atomic mass is 10.1. The van der Waals surface area contributed by atoms with Crippen molar-refractivity contribution in [3.63, 3.8) is 0 Å². The van der Waals surface area contributed by atoms with Crippen molar-refractivity contribution >= 4 is 21.9 Å². The first-order valence-corrected chi connectivity index (χ1v) is 8.26. The van der Waals surface area contributed by atoms with E-state index in [0.717, 1.165) is 15.6 Å². The minimum Gasteiger partial charge on any atom is -0.483 e. The number of carbonyl (C=O) groups excluding carboxylic acids is 1. The average Bonchev–Trinajstić information content (AvgIpc) is 3.09. The number of benzene rings is 2. The maximum Gasteiger partial charge on any atom is 0.337 e. The predicted molar refractivity (Wildman–Crippen MR) is 94.3 cm³/mol. The maximum absolute atomic E-state index is 11.6. The van der Waals surface area contributed by atoms with Gasteiger partial charge in [-0.2, -0.15) is 4.98 Å². The Bertz CT molecular complexity index is 908. The average molecular weight is 403 g/mol. The third-order valence-corrected chi connectivity index (χ3v) is 4.00. The van der Waals surface area contributed by atoms with E-state index < -0.39 is 5.97 Å². The van der Waals surface area contributed by atoms with Gasteiger partial charge < -0.3 is 14.0 Å². The molecule has 0 spiro atoms. The smallest absolute Gasteiger partial charge is 0.337 e. The second kappa shape index (κ2) is 7.48. The molecule has 0 bridgehead atoms. The first-order chi connectivity index (χ1) is 12.1. The van der Waals surface area contributed by atoms with E-state index >= 15 is 0 Å². The molecule has 3 aromatic rings. The van der Waals surface area contributed by atoms with Gasteiger partial charge in [0, 0.05) is 10.0 Å². The van der Waals surface area contributed by atoms with Crippen LogP contribution in [-0.2, 0) is 11.3 Å². The molecule has 1 heterocycles. The highest BCUT2D eigenvalue weighted by Crippen LogP contribution is 2.23. The van der Waals surface area contributed by atoms with Gasteiger partial charge in [-0.3, -0.25) is 0 Å². The van der Waals surface area contributed by atoms with E-state index in [2.05, 4.69) is 26.1 Å². The molecule has 0 N–H and O–H groups in total. The summed E-state index contributed by atoms with van der Waals surface area (Å²) in [6.45, 7) is 1.99. The summed E-state index contributed by atoms with van der Waals surface area (Å²) in [5, 5.41) is 3.96. The first-order valence-electron chi connectivity index (χ1n) is 7.47. The molecule has 0 saturated heterocycles. The van der Waals surface area contributed by atoms with Crippen LogP contribution < -0.4 is 4.74 Å². The number of hydrogen-bond acceptors (Lipinski definition) is 6. The molecule has 0 aliphatic carbocycles. The lowest BCUT2D eigenvalue weighted by Gasteiger charge is -2.08. The third-order valence-electron chi connectivity index (χ3n) is 3.51. The highest BCUT2D eigenvalue weighted by Gasteiger charge is 2.12. The molecule has 3 rings (SSSR count). The van der Waals surface area contributed by atoms with Crippen LogP contribution in [0.25, 0.3) is 11.4 Å². The van der Waals surface area contributed by atoms with Gasteiger partial charge >= 0.3 is 5.97 Å². The number of carbonyl (C=O) groups is 1. The van der Waals surface area contributed by atoms with E-state index in [1.165, 1.54) is 7.11 Å². The van der Waals surface area contributed by atoms with Gasteiger partial charge in [-0.05, 0) is 36.8 Å². The predicted octanol–water partition coefficient (Wildman–Crippen LogP) is 4.17. The number of nitrogens with zero attached hydrogens (tertiary/aromatic N) is 2. The van der Waals surface area contributed by atoms with Crippen molar-refractivity contribution in [2.45, 2.75) is 13.5 Å². The van der Waals surface area contributed by atoms with E-state index in [0.29, 0.717) is 23.0 Å². The quantitative estimate of drug-likeness (QED) is 0.596. The standard InChI is InChI=1S/C18H15BrN2O4/c1-11-6-7-13(18(22)23-2)9-15(11)24-10-16-20-17(21-25-16)12-4-3-5-14(19)8-12/h3-9H,10H2,1-2H3. The fourth-order valence-electron chi connectivity index (χ4n) is 2.20. The summed E-state index contributed by atoms with van der Waals surface area (Å²) in [6.07, 6.45) is 0. The molecule has 0 unspecified atom stereocenters. The summed E-state index contributed by atoms with van der Waals surface area (Å²) in [4.78, 5) is 15.9. The zero-order chi connectivity index (χ0) is 17.8. The summed E-state index contributed by atoms with van der Waals surface area (Å²) in [6, 6.07) is 12.7. The molecule has 0 aliphatic heterocycles. The van der Waals surface area contributed by atoms with Gasteiger partial charge in [0.2, 0.25) is 5.82 Å². The van der Waals surface area contributed by atoms with Crippen LogP contribution in [0.3, 0.4) is 0 Å². The van der Waals surface area contributed by atoms with Crippen LogP contribution in [0.15, 0.2) is 51.5 Å². The van der Waals surface area contributed by atoms with Gasteiger partial charge in [-0.1, -0.05) is 39.3 Å². The fourth-order valence-corrected chi connectivity index (χ4v) is 2.60. The van der Waals surface area contributed by atoms with E-state index in [4.69, 9.17) is 14.0 Å². The Balaban J connectivity index is 1.73. The Hall–Kier alpha value is -2.67. The summed E-state index contributed by atoms with van der Waals surface area (Å²) in [7, 11) is 1.34. The largest absolute Gasteiger partial charge is 0.483 e. The Kier molecular flexibility index (Phi) is 5.14. The molecule has 1 aromatic heterocycles. The SMILES string of the molecule is COC(=O)c1ccc(C)c(OCc2nc(-c3cccc(Br)c3)no2)c1. The van der Waals surface area contributed by atoms with E-state index in [-0.39, 0.29) is 6.61 Å². The zero-order valence-electron chi connectivity index (χ0n) is 13.7. The molecule has 0 amide bonds. The topological polar surface area (TPSA) is 74.5 Å². The lowest BCUT2D eigenvalue weighted by molar-refractivity contribution is 0.0600. The van der Waals surface area contributed by atoms with Crippen molar-refractivity contribution in [1.82, 2.24) is 10.1 Å². The fraction of sp³-hybridized carbons (Fsp3) is 0.167. The number of aromatic nitrogens is 2. The van der Waals surface area contributed by atoms with Crippen LogP contribution in [0, 0.1) is 6.92 Å². The summed E-state index contributed by atoms with van der Waals surface area (Å²) in [5.74, 6) is 0.975. The molecule has 128 valence electrons. The molecule has 0 fully saturated rings. The van der Waals surface area contributed by atoms with E-state index in [1.807, 2.05) is 31.2 Å². The van der Waals surface area contributed by atoms with Crippen LogP contribution in [-0.4, -0.2) is 23.2 Å². The Labute approximate surface area is 152 Å². The molecule has 6 nitrogen and oxygen atoms in total. The van der Waals surface area contributed by atoms with Gasteiger partial charge in [0.15, 0.2) is 6.61 Å². The number of rotatable bonds is 5. The minimum absolute atomic E-state index is 0.104. The van der Waals surface area contributed by atoms with Crippen LogP contribution in [0.1, 0.15) is 21.8 Å². The van der Waals surface area contributed by atoms with Crippen LogP contribution in [0.2, 0.25) is 0 Å². The summed E-state index contributed by atoms with van der Waals surface area (Å²) in [5.41, 5.74) is 2.15. The second-order valence-electron chi connectivity index (χ2n) is 5.28. The summed E-state index contributed by atoms with van der Waals surface area (Å²) >= 11 is 3.41. The summed E-state index contributed by atoms with van der Waals surface area (Å²) < 4.78 is 16.6. The van der Waals surface area contributed by atoms with Crippen molar-refractivity contribution in [3.05, 3.63) is 64.0 Å². The normalized spacial score (nSPS) is 10.5. The highest BCUT2D eigenvalue weighted by atomic mass is 79.9. The monoisotopic (exact) mass is 402 g/mol. The van der Waals surface area contributed by atoms with Crippen molar-refractivity contribution in [3.8, 4) is 17.1 Å². The van der Waals surface area contributed by atoms with Crippen molar-refractivity contribution in [2.24, 2.45) is 0 Å². The molecular formula is C18H15BrN2O4. The second-order valence-corrected chi connectivity index (χ2v) is 6.20. The molecular weight excluding hydrogens is 388 g/mol. The van der Waals surface area contributed by atoms with Gasteiger partial charge in [-0.25, -0.2) is 4.79 Å². The number of methoxy groups -OCH3 is 1. The molecule has 0 radical (unpaired) electrons. The Morgan fingerprint density at radius 2 is 2.08 bits per heavy atom. The number of halogens is 1. The lowest BCUT2D eigenvalue weighted by Crippen LogP contribution is -2.03. The van der Waals surface area contributed by atoms with Gasteiger partial charge in [0.25, 0.3) is 5.89 Å². The minimum atomic E-state index is -0.417. The van der Waals surface area contributed by atoms with Crippen molar-refractivity contribution < 1.29 is 18.8 Å². The zero-order valence-corrected chi connectivity index (χ0v) is 15.2. The van der Waals surface area contributed by atoms with Crippen LogP contribution in [0.5, 0.6) is 5.75 Å². The third kappa shape index (κ3) is 4.06. The van der Waals surface area contributed by atoms with E-state index in [9.17, 15) is 4.79 Å².